The molecule has 120 valence electrons. The van der Waals surface area contributed by atoms with Crippen LogP contribution in [-0.2, 0) is 16.1 Å². The van der Waals surface area contributed by atoms with E-state index >= 15 is 0 Å². The molecule has 3 aromatic heterocycles. The highest BCUT2D eigenvalue weighted by Gasteiger charge is 2.21. The van der Waals surface area contributed by atoms with E-state index in [0.29, 0.717) is 22.4 Å². The number of ether oxygens (including phenoxy) is 1. The molecule has 0 aliphatic rings. The Hall–Kier alpha value is -2.70. The van der Waals surface area contributed by atoms with Gasteiger partial charge in [0.05, 0.1) is 10.9 Å². The SMILES string of the molecule is Cc1ccc2c(n1)c1c(N)ncnc1n2CC(=O)OC(C)(C)C. The van der Waals surface area contributed by atoms with Crippen molar-refractivity contribution in [3.05, 3.63) is 24.2 Å². The number of carbonyl (C=O) groups excluding carboxylic acids is 1. The molecular formula is C16H19N5O2. The van der Waals surface area contributed by atoms with Gasteiger partial charge in [-0.15, -0.1) is 0 Å². The largest absolute Gasteiger partial charge is 0.459 e. The van der Waals surface area contributed by atoms with Crippen molar-refractivity contribution in [1.82, 2.24) is 19.5 Å². The maximum atomic E-state index is 12.2. The normalized spacial score (nSPS) is 12.0. The summed E-state index contributed by atoms with van der Waals surface area (Å²) >= 11 is 0. The second-order valence-electron chi connectivity index (χ2n) is 6.45. The van der Waals surface area contributed by atoms with Gasteiger partial charge in [-0.05, 0) is 39.8 Å². The lowest BCUT2D eigenvalue weighted by Gasteiger charge is -2.19. The molecule has 3 heterocycles. The zero-order chi connectivity index (χ0) is 16.8. The summed E-state index contributed by atoms with van der Waals surface area (Å²) in [6.45, 7) is 7.44. The number of fused-ring (bicyclic) bond motifs is 3. The van der Waals surface area contributed by atoms with Crippen molar-refractivity contribution in [1.29, 1.82) is 0 Å². The molecule has 2 N–H and O–H groups in total. The second-order valence-corrected chi connectivity index (χ2v) is 6.45. The van der Waals surface area contributed by atoms with Crippen LogP contribution in [0, 0.1) is 6.92 Å². The van der Waals surface area contributed by atoms with E-state index in [1.54, 1.807) is 4.57 Å². The number of esters is 1. The Bertz CT molecular complexity index is 908. The quantitative estimate of drug-likeness (QED) is 0.729. The number of aromatic nitrogens is 4. The van der Waals surface area contributed by atoms with Gasteiger partial charge in [-0.1, -0.05) is 0 Å². The third-order valence-corrected chi connectivity index (χ3v) is 3.36. The van der Waals surface area contributed by atoms with Crippen molar-refractivity contribution >= 4 is 33.9 Å². The van der Waals surface area contributed by atoms with Crippen LogP contribution in [0.5, 0.6) is 0 Å². The Labute approximate surface area is 133 Å². The number of pyridine rings is 1. The smallest absolute Gasteiger partial charge is 0.326 e. The standard InChI is InChI=1S/C16H19N5O2/c1-9-5-6-10-13(20-9)12-14(17)18-8-19-15(12)21(10)7-11(22)23-16(2,3)4/h5-6,8H,7H2,1-4H3,(H2,17,18,19). The van der Waals surface area contributed by atoms with Gasteiger partial charge in [0, 0.05) is 5.69 Å². The van der Waals surface area contributed by atoms with E-state index in [4.69, 9.17) is 10.5 Å². The van der Waals surface area contributed by atoms with Gasteiger partial charge in [0.15, 0.2) is 0 Å². The summed E-state index contributed by atoms with van der Waals surface area (Å²) in [5.41, 5.74) is 8.37. The summed E-state index contributed by atoms with van der Waals surface area (Å²) < 4.78 is 7.18. The molecule has 0 unspecified atom stereocenters. The summed E-state index contributed by atoms with van der Waals surface area (Å²) in [4.78, 5) is 25.1. The summed E-state index contributed by atoms with van der Waals surface area (Å²) in [6.07, 6.45) is 1.38. The predicted molar refractivity (Wildman–Crippen MR) is 87.8 cm³/mol. The molecule has 0 amide bonds. The van der Waals surface area contributed by atoms with Crippen LogP contribution in [0.4, 0.5) is 5.82 Å². The molecule has 0 spiro atoms. The van der Waals surface area contributed by atoms with Crippen molar-refractivity contribution in [3.63, 3.8) is 0 Å². The molecular weight excluding hydrogens is 294 g/mol. The third kappa shape index (κ3) is 2.81. The third-order valence-electron chi connectivity index (χ3n) is 3.36. The van der Waals surface area contributed by atoms with E-state index in [1.807, 2.05) is 39.8 Å². The molecule has 0 aliphatic carbocycles. The van der Waals surface area contributed by atoms with Gasteiger partial charge in [0.1, 0.15) is 35.5 Å². The summed E-state index contributed by atoms with van der Waals surface area (Å²) in [5, 5.41) is 0.662. The van der Waals surface area contributed by atoms with E-state index < -0.39 is 5.60 Å². The molecule has 0 saturated carbocycles. The lowest BCUT2D eigenvalue weighted by molar-refractivity contribution is -0.155. The van der Waals surface area contributed by atoms with Gasteiger partial charge in [0.25, 0.3) is 0 Å². The minimum Gasteiger partial charge on any atom is -0.459 e. The molecule has 3 aromatic rings. The highest BCUT2D eigenvalue weighted by atomic mass is 16.6. The number of nitrogens with zero attached hydrogens (tertiary/aromatic N) is 4. The summed E-state index contributed by atoms with van der Waals surface area (Å²) in [7, 11) is 0. The average molecular weight is 313 g/mol. The number of nitrogens with two attached hydrogens (primary N) is 1. The molecule has 23 heavy (non-hydrogen) atoms. The zero-order valence-electron chi connectivity index (χ0n) is 13.6. The molecule has 0 fully saturated rings. The minimum atomic E-state index is -0.543. The van der Waals surface area contributed by atoms with Crippen molar-refractivity contribution in [2.45, 2.75) is 39.8 Å². The molecule has 0 atom stereocenters. The number of anilines is 1. The van der Waals surface area contributed by atoms with E-state index in [0.717, 1.165) is 11.2 Å². The predicted octanol–water partition coefficient (Wildman–Crippen LogP) is 2.21. The van der Waals surface area contributed by atoms with E-state index in [9.17, 15) is 4.79 Å². The van der Waals surface area contributed by atoms with Gasteiger partial charge >= 0.3 is 5.97 Å². The summed E-state index contributed by atoms with van der Waals surface area (Å²) in [5.74, 6) is 0.00935. The Balaban J connectivity index is 2.19. The first-order valence-corrected chi connectivity index (χ1v) is 7.34. The van der Waals surface area contributed by atoms with E-state index in [2.05, 4.69) is 15.0 Å². The molecule has 7 nitrogen and oxygen atoms in total. The average Bonchev–Trinajstić information content (AvgIpc) is 2.72. The number of hydrogen-bond acceptors (Lipinski definition) is 6. The minimum absolute atomic E-state index is 0.0401. The number of carbonyl (C=O) groups is 1. The molecule has 0 radical (unpaired) electrons. The van der Waals surface area contributed by atoms with Crippen LogP contribution in [0.25, 0.3) is 22.1 Å². The van der Waals surface area contributed by atoms with Crippen molar-refractivity contribution < 1.29 is 9.53 Å². The monoisotopic (exact) mass is 313 g/mol. The molecule has 7 heteroatoms. The van der Waals surface area contributed by atoms with E-state index in [-0.39, 0.29) is 12.5 Å². The highest BCUT2D eigenvalue weighted by molar-refractivity contribution is 6.09. The van der Waals surface area contributed by atoms with Gasteiger partial charge < -0.3 is 15.0 Å². The van der Waals surface area contributed by atoms with Crippen LogP contribution >= 0.6 is 0 Å². The topological polar surface area (TPSA) is 95.9 Å². The fraction of sp³-hybridized carbons (Fsp3) is 0.375. The number of hydrogen-bond donors (Lipinski definition) is 1. The van der Waals surface area contributed by atoms with Crippen LogP contribution in [0.3, 0.4) is 0 Å². The fourth-order valence-electron chi connectivity index (χ4n) is 2.55. The van der Waals surface area contributed by atoms with Gasteiger partial charge in [-0.3, -0.25) is 9.78 Å². The molecule has 0 saturated heterocycles. The maximum absolute atomic E-state index is 12.2. The Morgan fingerprint density at radius 2 is 2.04 bits per heavy atom. The fourth-order valence-corrected chi connectivity index (χ4v) is 2.55. The second kappa shape index (κ2) is 5.19. The highest BCUT2D eigenvalue weighted by Crippen LogP contribution is 2.29. The van der Waals surface area contributed by atoms with Crippen molar-refractivity contribution in [3.8, 4) is 0 Å². The Morgan fingerprint density at radius 3 is 2.74 bits per heavy atom. The molecule has 0 aromatic carbocycles. The van der Waals surface area contributed by atoms with E-state index in [1.165, 1.54) is 6.33 Å². The number of aryl methyl sites for hydroxylation is 1. The van der Waals surface area contributed by atoms with Crippen LogP contribution < -0.4 is 5.73 Å². The maximum Gasteiger partial charge on any atom is 0.326 e. The van der Waals surface area contributed by atoms with Crippen molar-refractivity contribution in [2.75, 3.05) is 5.73 Å². The van der Waals surface area contributed by atoms with Crippen LogP contribution in [0.1, 0.15) is 26.5 Å². The first-order chi connectivity index (χ1) is 10.8. The van der Waals surface area contributed by atoms with Crippen LogP contribution in [-0.4, -0.2) is 31.1 Å². The number of rotatable bonds is 2. The summed E-state index contributed by atoms with van der Waals surface area (Å²) in [6, 6.07) is 3.79. The van der Waals surface area contributed by atoms with Gasteiger partial charge in [-0.2, -0.15) is 0 Å². The Kier molecular flexibility index (Phi) is 3.43. The lowest BCUT2D eigenvalue weighted by atomic mass is 10.2. The van der Waals surface area contributed by atoms with Crippen molar-refractivity contribution in [2.24, 2.45) is 0 Å². The first kappa shape index (κ1) is 15.2. The molecule has 3 rings (SSSR count). The van der Waals surface area contributed by atoms with Crippen LogP contribution in [0.2, 0.25) is 0 Å². The van der Waals surface area contributed by atoms with Crippen LogP contribution in [0.15, 0.2) is 18.5 Å². The number of nitrogen functional groups attached to an aromatic ring is 1. The molecule has 0 aliphatic heterocycles. The zero-order valence-corrected chi connectivity index (χ0v) is 13.6. The first-order valence-electron chi connectivity index (χ1n) is 7.34. The van der Waals surface area contributed by atoms with Gasteiger partial charge in [0.2, 0.25) is 0 Å². The molecule has 0 bridgehead atoms. The Morgan fingerprint density at radius 1 is 1.30 bits per heavy atom. The van der Waals surface area contributed by atoms with Gasteiger partial charge in [-0.25, -0.2) is 9.97 Å². The lowest BCUT2D eigenvalue weighted by Crippen LogP contribution is -2.26.